The van der Waals surface area contributed by atoms with E-state index in [1.807, 2.05) is 68.2 Å². The lowest BCUT2D eigenvalue weighted by molar-refractivity contribution is -0.118. The smallest absolute Gasteiger partial charge is 0.253 e. The highest BCUT2D eigenvalue weighted by Gasteiger charge is 2.24. The quantitative estimate of drug-likeness (QED) is 0.339. The van der Waals surface area contributed by atoms with Crippen molar-refractivity contribution in [2.24, 2.45) is 13.0 Å². The molecular weight excluding hydrogens is 476 g/mol. The van der Waals surface area contributed by atoms with E-state index in [9.17, 15) is 9.59 Å². The summed E-state index contributed by atoms with van der Waals surface area (Å²) in [6.07, 6.45) is 6.80. The van der Waals surface area contributed by atoms with E-state index < -0.39 is 0 Å². The molecule has 8 heteroatoms. The summed E-state index contributed by atoms with van der Waals surface area (Å²) >= 11 is 0. The van der Waals surface area contributed by atoms with Gasteiger partial charge in [-0.2, -0.15) is 4.98 Å². The number of aromatic nitrogens is 4. The van der Waals surface area contributed by atoms with Crippen molar-refractivity contribution in [2.45, 2.75) is 39.2 Å². The summed E-state index contributed by atoms with van der Waals surface area (Å²) in [6, 6.07) is 18.4. The number of rotatable bonds is 5. The third-order valence-electron chi connectivity index (χ3n) is 7.34. The van der Waals surface area contributed by atoms with Crippen LogP contribution >= 0.6 is 0 Å². The summed E-state index contributed by atoms with van der Waals surface area (Å²) in [4.78, 5) is 30.0. The predicted molar refractivity (Wildman–Crippen MR) is 148 cm³/mol. The molecule has 0 saturated heterocycles. The largest absolute Gasteiger partial charge is 0.350 e. The molecule has 2 aromatic carbocycles. The summed E-state index contributed by atoms with van der Waals surface area (Å²) in [5.74, 6) is -0.0669. The highest BCUT2D eigenvalue weighted by atomic mass is 16.2. The summed E-state index contributed by atoms with van der Waals surface area (Å²) < 4.78 is 3.63. The van der Waals surface area contributed by atoms with E-state index in [-0.39, 0.29) is 29.7 Å². The molecule has 1 atom stereocenters. The maximum Gasteiger partial charge on any atom is 0.253 e. The van der Waals surface area contributed by atoms with Crippen LogP contribution in [-0.4, -0.2) is 31.0 Å². The first-order valence-corrected chi connectivity index (χ1v) is 13.0. The van der Waals surface area contributed by atoms with Gasteiger partial charge in [-0.25, -0.2) is 4.52 Å². The van der Waals surface area contributed by atoms with E-state index in [4.69, 9.17) is 0 Å². The molecule has 2 amide bonds. The molecule has 38 heavy (non-hydrogen) atoms. The number of carbonyl (C=O) groups is 2. The maximum absolute atomic E-state index is 13.5. The van der Waals surface area contributed by atoms with Crippen LogP contribution in [0.2, 0.25) is 0 Å². The predicted octanol–water partition coefficient (Wildman–Crippen LogP) is 5.29. The van der Waals surface area contributed by atoms with Gasteiger partial charge in [0.2, 0.25) is 11.9 Å². The van der Waals surface area contributed by atoms with Crippen molar-refractivity contribution >= 4 is 34.3 Å². The average Bonchev–Trinajstić information content (AvgIpc) is 3.48. The molecule has 3 heterocycles. The van der Waals surface area contributed by atoms with Crippen LogP contribution < -0.4 is 10.6 Å². The van der Waals surface area contributed by atoms with Gasteiger partial charge in [-0.1, -0.05) is 44.2 Å². The van der Waals surface area contributed by atoms with Crippen LogP contribution in [0.1, 0.15) is 54.2 Å². The van der Waals surface area contributed by atoms with Gasteiger partial charge in [0.15, 0.2) is 5.65 Å². The van der Waals surface area contributed by atoms with Crippen molar-refractivity contribution in [1.82, 2.24) is 24.5 Å². The number of hydrogen-bond donors (Lipinski definition) is 2. The number of carbonyl (C=O) groups excluding carboxylic acids is 2. The molecule has 192 valence electrons. The van der Waals surface area contributed by atoms with Gasteiger partial charge in [-0.3, -0.25) is 14.9 Å². The van der Waals surface area contributed by atoms with Gasteiger partial charge < -0.3 is 9.88 Å². The Labute approximate surface area is 220 Å². The molecule has 0 saturated carbocycles. The molecule has 8 nitrogen and oxygen atoms in total. The zero-order valence-electron chi connectivity index (χ0n) is 21.7. The van der Waals surface area contributed by atoms with Crippen LogP contribution in [0.15, 0.2) is 67.0 Å². The Kier molecular flexibility index (Phi) is 5.94. The SMILES string of the molecule is CC(C)C(=O)Nc1nc2cc(-c3ccc4c(c3)c(C(=O)NC3CCCc5ccccc53)cn4C)ccn2n1. The van der Waals surface area contributed by atoms with Crippen LogP contribution in [-0.2, 0) is 18.3 Å². The lowest BCUT2D eigenvalue weighted by Crippen LogP contribution is -2.30. The number of pyridine rings is 1. The number of nitrogens with zero attached hydrogens (tertiary/aromatic N) is 4. The first-order chi connectivity index (χ1) is 18.4. The second-order valence-electron chi connectivity index (χ2n) is 10.3. The Morgan fingerprint density at radius 2 is 1.87 bits per heavy atom. The monoisotopic (exact) mass is 506 g/mol. The van der Waals surface area contributed by atoms with Crippen LogP contribution in [0, 0.1) is 5.92 Å². The Hall–Kier alpha value is -4.46. The van der Waals surface area contributed by atoms with Gasteiger partial charge in [0.1, 0.15) is 0 Å². The molecular formula is C30H30N6O2. The van der Waals surface area contributed by atoms with Crippen LogP contribution in [0.4, 0.5) is 5.95 Å². The molecule has 1 aliphatic carbocycles. The fourth-order valence-electron chi connectivity index (χ4n) is 5.26. The van der Waals surface area contributed by atoms with Crippen molar-refractivity contribution in [3.05, 3.63) is 83.7 Å². The summed E-state index contributed by atoms with van der Waals surface area (Å²) in [7, 11) is 1.96. The molecule has 2 N–H and O–H groups in total. The number of anilines is 1. The Bertz CT molecular complexity index is 1700. The van der Waals surface area contributed by atoms with Gasteiger partial charge >= 0.3 is 0 Å². The van der Waals surface area contributed by atoms with Crippen molar-refractivity contribution in [3.8, 4) is 11.1 Å². The van der Waals surface area contributed by atoms with Crippen molar-refractivity contribution in [2.75, 3.05) is 5.32 Å². The molecule has 5 aromatic rings. The average molecular weight is 507 g/mol. The zero-order chi connectivity index (χ0) is 26.4. The van der Waals surface area contributed by atoms with E-state index >= 15 is 0 Å². The lowest BCUT2D eigenvalue weighted by atomic mass is 9.87. The highest BCUT2D eigenvalue weighted by molar-refractivity contribution is 6.08. The van der Waals surface area contributed by atoms with Gasteiger partial charge in [-0.05, 0) is 65.8 Å². The number of benzene rings is 2. The second kappa shape index (κ2) is 9.45. The third kappa shape index (κ3) is 4.32. The molecule has 6 rings (SSSR count). The number of amides is 2. The fraction of sp³-hybridized carbons (Fsp3) is 0.267. The molecule has 1 aliphatic rings. The van der Waals surface area contributed by atoms with Crippen LogP contribution in [0.3, 0.4) is 0 Å². The first kappa shape index (κ1) is 23.9. The highest BCUT2D eigenvalue weighted by Crippen LogP contribution is 2.32. The van der Waals surface area contributed by atoms with Crippen LogP contribution in [0.5, 0.6) is 0 Å². The number of fused-ring (bicyclic) bond motifs is 3. The molecule has 0 spiro atoms. The van der Waals surface area contributed by atoms with Gasteiger partial charge in [0, 0.05) is 36.3 Å². The van der Waals surface area contributed by atoms with Gasteiger partial charge in [0.25, 0.3) is 5.91 Å². The molecule has 0 fully saturated rings. The molecule has 3 aromatic heterocycles. The minimum absolute atomic E-state index is 0.0200. The Morgan fingerprint density at radius 1 is 1.05 bits per heavy atom. The van der Waals surface area contributed by atoms with Gasteiger partial charge in [0.05, 0.1) is 11.6 Å². The summed E-state index contributed by atoms with van der Waals surface area (Å²) in [5.41, 5.74) is 6.74. The lowest BCUT2D eigenvalue weighted by Gasteiger charge is -2.26. The van der Waals surface area contributed by atoms with Crippen molar-refractivity contribution in [1.29, 1.82) is 0 Å². The molecule has 0 aliphatic heterocycles. The number of aryl methyl sites for hydroxylation is 2. The summed E-state index contributed by atoms with van der Waals surface area (Å²) in [5, 5.41) is 11.3. The fourth-order valence-corrected chi connectivity index (χ4v) is 5.26. The van der Waals surface area contributed by atoms with Crippen molar-refractivity contribution < 1.29 is 9.59 Å². The van der Waals surface area contributed by atoms with E-state index in [0.29, 0.717) is 11.2 Å². The Morgan fingerprint density at radius 3 is 2.71 bits per heavy atom. The van der Waals surface area contributed by atoms with E-state index in [1.54, 1.807) is 4.52 Å². The minimum atomic E-state index is -0.158. The zero-order valence-corrected chi connectivity index (χ0v) is 21.7. The summed E-state index contributed by atoms with van der Waals surface area (Å²) in [6.45, 7) is 3.65. The first-order valence-electron chi connectivity index (χ1n) is 13.0. The minimum Gasteiger partial charge on any atom is -0.350 e. The standard InChI is InChI=1S/C30H30N6O2/c1-18(2)28(37)33-30-32-27-16-21(13-14-36(27)34-30)20-11-12-26-23(15-20)24(17-35(26)3)29(38)31-25-10-6-8-19-7-4-5-9-22(19)25/h4-5,7,9,11-18,25H,6,8,10H2,1-3H3,(H,31,38)(H,33,34,37). The number of nitrogens with one attached hydrogen (secondary N) is 2. The molecule has 0 bridgehead atoms. The Balaban J connectivity index is 1.31. The van der Waals surface area contributed by atoms with E-state index in [1.165, 1.54) is 11.1 Å². The second-order valence-corrected chi connectivity index (χ2v) is 10.3. The molecule has 1 unspecified atom stereocenters. The van der Waals surface area contributed by atoms with Crippen molar-refractivity contribution in [3.63, 3.8) is 0 Å². The third-order valence-corrected chi connectivity index (χ3v) is 7.34. The van der Waals surface area contributed by atoms with Crippen LogP contribution in [0.25, 0.3) is 27.7 Å². The maximum atomic E-state index is 13.5. The van der Waals surface area contributed by atoms with E-state index in [2.05, 4.69) is 45.0 Å². The molecule has 0 radical (unpaired) electrons. The number of hydrogen-bond acceptors (Lipinski definition) is 4. The normalized spacial score (nSPS) is 15.1. The van der Waals surface area contributed by atoms with E-state index in [0.717, 1.165) is 41.3 Å². The van der Waals surface area contributed by atoms with Gasteiger partial charge in [-0.15, -0.1) is 5.10 Å². The topological polar surface area (TPSA) is 93.3 Å².